The largest absolute Gasteiger partial charge is 0.444 e. The highest BCUT2D eigenvalue weighted by atomic mass is 16.6. The maximum absolute atomic E-state index is 11.4. The lowest BCUT2D eigenvalue weighted by molar-refractivity contribution is 0.0516. The summed E-state index contributed by atoms with van der Waals surface area (Å²) in [6.45, 7) is 8.66. The van der Waals surface area contributed by atoms with Crippen LogP contribution in [0.1, 0.15) is 47.0 Å². The van der Waals surface area contributed by atoms with Crippen LogP contribution in [0.2, 0.25) is 0 Å². The predicted octanol–water partition coefficient (Wildman–Crippen LogP) is 2.95. The molecule has 2 atom stereocenters. The number of carbonyl (C=O) groups excluding carboxylic acids is 1. The van der Waals surface area contributed by atoms with Crippen molar-refractivity contribution in [3.63, 3.8) is 0 Å². The first-order valence-corrected chi connectivity index (χ1v) is 5.85. The van der Waals surface area contributed by atoms with Crippen molar-refractivity contribution in [1.29, 1.82) is 0 Å². The van der Waals surface area contributed by atoms with Crippen LogP contribution >= 0.6 is 0 Å². The van der Waals surface area contributed by atoms with Gasteiger partial charge in [-0.3, -0.25) is 0 Å². The zero-order valence-electron chi connectivity index (χ0n) is 10.3. The fraction of sp³-hybridized carbons (Fsp3) is 0.917. The summed E-state index contributed by atoms with van der Waals surface area (Å²) in [5, 5.41) is 2.85. The van der Waals surface area contributed by atoms with Crippen molar-refractivity contribution >= 4 is 6.09 Å². The van der Waals surface area contributed by atoms with Crippen molar-refractivity contribution in [2.45, 2.75) is 52.6 Å². The molecule has 2 unspecified atom stereocenters. The van der Waals surface area contributed by atoms with Crippen LogP contribution in [0.25, 0.3) is 0 Å². The number of rotatable bonds is 2. The summed E-state index contributed by atoms with van der Waals surface area (Å²) in [6.07, 6.45) is 3.53. The van der Waals surface area contributed by atoms with Crippen molar-refractivity contribution in [3.8, 4) is 0 Å². The highest BCUT2D eigenvalue weighted by Crippen LogP contribution is 2.30. The van der Waals surface area contributed by atoms with E-state index in [0.29, 0.717) is 5.92 Å². The molecule has 15 heavy (non-hydrogen) atoms. The van der Waals surface area contributed by atoms with Crippen LogP contribution in [-0.4, -0.2) is 18.2 Å². The molecule has 0 spiro atoms. The molecule has 1 rings (SSSR count). The maximum atomic E-state index is 11.4. The van der Waals surface area contributed by atoms with Crippen LogP contribution in [-0.2, 0) is 4.74 Å². The van der Waals surface area contributed by atoms with Crippen LogP contribution in [0.15, 0.2) is 0 Å². The number of alkyl carbamates (subject to hydrolysis) is 1. The van der Waals surface area contributed by atoms with Crippen molar-refractivity contribution in [2.24, 2.45) is 11.8 Å². The van der Waals surface area contributed by atoms with E-state index in [9.17, 15) is 4.79 Å². The van der Waals surface area contributed by atoms with Gasteiger partial charge in [0, 0.05) is 6.54 Å². The van der Waals surface area contributed by atoms with Crippen molar-refractivity contribution in [3.05, 3.63) is 0 Å². The topological polar surface area (TPSA) is 38.3 Å². The van der Waals surface area contributed by atoms with Gasteiger partial charge in [-0.1, -0.05) is 19.8 Å². The minimum atomic E-state index is -0.397. The molecule has 1 aliphatic rings. The molecule has 0 aliphatic heterocycles. The van der Waals surface area contributed by atoms with Gasteiger partial charge in [-0.2, -0.15) is 0 Å². The lowest BCUT2D eigenvalue weighted by Gasteiger charge is -2.21. The van der Waals surface area contributed by atoms with E-state index in [4.69, 9.17) is 4.74 Å². The number of ether oxygens (including phenoxy) is 1. The Balaban J connectivity index is 2.22. The predicted molar refractivity (Wildman–Crippen MR) is 60.7 cm³/mol. The summed E-state index contributed by atoms with van der Waals surface area (Å²) in [5.41, 5.74) is -0.397. The molecule has 1 N–H and O–H groups in total. The Labute approximate surface area is 92.6 Å². The average molecular weight is 213 g/mol. The van der Waals surface area contributed by atoms with Crippen molar-refractivity contribution < 1.29 is 9.53 Å². The number of hydrogen-bond acceptors (Lipinski definition) is 2. The molecule has 0 saturated heterocycles. The molecule has 0 aromatic rings. The first kappa shape index (κ1) is 12.3. The van der Waals surface area contributed by atoms with Gasteiger partial charge in [-0.05, 0) is 39.0 Å². The minimum Gasteiger partial charge on any atom is -0.444 e. The zero-order chi connectivity index (χ0) is 11.5. The Morgan fingerprint density at radius 3 is 2.53 bits per heavy atom. The van der Waals surface area contributed by atoms with Gasteiger partial charge in [0.05, 0.1) is 0 Å². The third kappa shape index (κ3) is 4.54. The van der Waals surface area contributed by atoms with E-state index in [0.717, 1.165) is 12.5 Å². The molecule has 0 radical (unpaired) electrons. The Morgan fingerprint density at radius 1 is 1.40 bits per heavy atom. The third-order valence-corrected chi connectivity index (χ3v) is 2.95. The van der Waals surface area contributed by atoms with Gasteiger partial charge in [0.2, 0.25) is 0 Å². The summed E-state index contributed by atoms with van der Waals surface area (Å²) >= 11 is 0. The standard InChI is InChI=1S/C12H23NO2/c1-9-6-5-7-10(9)8-13-11(14)15-12(2,3)4/h9-10H,5-8H2,1-4H3,(H,13,14). The number of hydrogen-bond donors (Lipinski definition) is 1. The van der Waals surface area contributed by atoms with Crippen LogP contribution in [0.5, 0.6) is 0 Å². The molecule has 3 heteroatoms. The Hall–Kier alpha value is -0.730. The quantitative estimate of drug-likeness (QED) is 0.766. The highest BCUT2D eigenvalue weighted by Gasteiger charge is 2.24. The van der Waals surface area contributed by atoms with Crippen molar-refractivity contribution in [1.82, 2.24) is 5.32 Å². The molecular weight excluding hydrogens is 190 g/mol. The first-order chi connectivity index (χ1) is 6.88. The summed E-state index contributed by atoms with van der Waals surface area (Å²) in [4.78, 5) is 11.4. The van der Waals surface area contributed by atoms with E-state index in [1.54, 1.807) is 0 Å². The second-order valence-corrected chi connectivity index (χ2v) is 5.55. The first-order valence-electron chi connectivity index (χ1n) is 5.85. The normalized spacial score (nSPS) is 26.4. The van der Waals surface area contributed by atoms with Gasteiger partial charge in [-0.15, -0.1) is 0 Å². The Kier molecular flexibility index (Phi) is 4.00. The minimum absolute atomic E-state index is 0.290. The SMILES string of the molecule is CC1CCCC1CNC(=O)OC(C)(C)C. The molecule has 1 saturated carbocycles. The number of nitrogens with one attached hydrogen (secondary N) is 1. The van der Waals surface area contributed by atoms with E-state index >= 15 is 0 Å². The van der Waals surface area contributed by atoms with Crippen LogP contribution < -0.4 is 5.32 Å². The molecule has 1 amide bonds. The fourth-order valence-corrected chi connectivity index (χ4v) is 2.05. The highest BCUT2D eigenvalue weighted by molar-refractivity contribution is 5.67. The number of carbonyl (C=O) groups is 1. The number of amides is 1. The molecule has 88 valence electrons. The van der Waals surface area contributed by atoms with Crippen LogP contribution in [0, 0.1) is 11.8 Å². The monoisotopic (exact) mass is 213 g/mol. The molecule has 0 aromatic heterocycles. The van der Waals surface area contributed by atoms with E-state index in [2.05, 4.69) is 12.2 Å². The molecule has 3 nitrogen and oxygen atoms in total. The van der Waals surface area contributed by atoms with Gasteiger partial charge in [0.15, 0.2) is 0 Å². The van der Waals surface area contributed by atoms with E-state index < -0.39 is 5.60 Å². The van der Waals surface area contributed by atoms with Gasteiger partial charge in [0.25, 0.3) is 0 Å². The maximum Gasteiger partial charge on any atom is 0.407 e. The summed E-state index contributed by atoms with van der Waals surface area (Å²) in [7, 11) is 0. The van der Waals surface area contributed by atoms with E-state index in [1.807, 2.05) is 20.8 Å². The molecule has 1 aliphatic carbocycles. The molecule has 0 aromatic carbocycles. The Morgan fingerprint density at radius 2 is 2.07 bits per heavy atom. The summed E-state index contributed by atoms with van der Waals surface area (Å²) in [6, 6.07) is 0. The second kappa shape index (κ2) is 4.86. The molecular formula is C12H23NO2. The smallest absolute Gasteiger partial charge is 0.407 e. The van der Waals surface area contributed by atoms with Crippen LogP contribution in [0.3, 0.4) is 0 Å². The molecule has 0 heterocycles. The van der Waals surface area contributed by atoms with E-state index in [-0.39, 0.29) is 6.09 Å². The van der Waals surface area contributed by atoms with Gasteiger partial charge < -0.3 is 10.1 Å². The summed E-state index contributed by atoms with van der Waals surface area (Å²) < 4.78 is 5.18. The van der Waals surface area contributed by atoms with Crippen LogP contribution in [0.4, 0.5) is 4.79 Å². The Bertz CT molecular complexity index is 220. The third-order valence-electron chi connectivity index (χ3n) is 2.95. The van der Waals surface area contributed by atoms with Crippen molar-refractivity contribution in [2.75, 3.05) is 6.54 Å². The van der Waals surface area contributed by atoms with Gasteiger partial charge in [0.1, 0.15) is 5.60 Å². The fourth-order valence-electron chi connectivity index (χ4n) is 2.05. The second-order valence-electron chi connectivity index (χ2n) is 5.55. The lowest BCUT2D eigenvalue weighted by Crippen LogP contribution is -2.35. The molecule has 1 fully saturated rings. The van der Waals surface area contributed by atoms with E-state index in [1.165, 1.54) is 19.3 Å². The molecule has 0 bridgehead atoms. The lowest BCUT2D eigenvalue weighted by atomic mass is 9.98. The average Bonchev–Trinajstić information content (AvgIpc) is 2.44. The summed E-state index contributed by atoms with van der Waals surface area (Å²) in [5.74, 6) is 1.37. The zero-order valence-corrected chi connectivity index (χ0v) is 10.3. The van der Waals surface area contributed by atoms with Gasteiger partial charge in [-0.25, -0.2) is 4.79 Å². The van der Waals surface area contributed by atoms with Gasteiger partial charge >= 0.3 is 6.09 Å².